The van der Waals surface area contributed by atoms with E-state index < -0.39 is 5.97 Å². The van der Waals surface area contributed by atoms with Crippen molar-refractivity contribution in [3.8, 4) is 0 Å². The van der Waals surface area contributed by atoms with Crippen molar-refractivity contribution in [2.45, 2.75) is 32.3 Å². The number of carbonyl (C=O) groups is 2. The van der Waals surface area contributed by atoms with E-state index >= 15 is 0 Å². The van der Waals surface area contributed by atoms with Crippen molar-refractivity contribution in [2.75, 3.05) is 0 Å². The highest BCUT2D eigenvalue weighted by molar-refractivity contribution is 5.76. The van der Waals surface area contributed by atoms with Gasteiger partial charge < -0.3 is 9.84 Å². The quantitative estimate of drug-likeness (QED) is 0.612. The van der Waals surface area contributed by atoms with Crippen molar-refractivity contribution >= 4 is 11.9 Å². The Kier molecular flexibility index (Phi) is 1.62. The largest absolute Gasteiger partial charge is 0.481 e. The predicted octanol–water partition coefficient (Wildman–Crippen LogP) is 0.803. The van der Waals surface area contributed by atoms with Gasteiger partial charge in [0.1, 0.15) is 6.10 Å². The van der Waals surface area contributed by atoms with Crippen LogP contribution in [0.15, 0.2) is 0 Å². The molecule has 0 radical (unpaired) electrons. The van der Waals surface area contributed by atoms with Gasteiger partial charge in [0.15, 0.2) is 0 Å². The number of carboxylic acids is 1. The number of aliphatic carboxylic acids is 1. The van der Waals surface area contributed by atoms with Crippen LogP contribution in [0.5, 0.6) is 0 Å². The van der Waals surface area contributed by atoms with Crippen molar-refractivity contribution in [1.82, 2.24) is 0 Å². The first-order valence-electron chi connectivity index (χ1n) is 4.46. The van der Waals surface area contributed by atoms with Crippen molar-refractivity contribution in [2.24, 2.45) is 11.3 Å². The SMILES string of the molecule is CC1OC(=O)CC12CC(C(=O)O)C2. The summed E-state index contributed by atoms with van der Waals surface area (Å²) in [4.78, 5) is 21.6. The van der Waals surface area contributed by atoms with Crippen molar-refractivity contribution in [1.29, 1.82) is 0 Å². The Morgan fingerprint density at radius 2 is 2.23 bits per heavy atom. The molecule has 0 aromatic carbocycles. The first-order valence-corrected chi connectivity index (χ1v) is 4.46. The lowest BCUT2D eigenvalue weighted by molar-refractivity contribution is -0.152. The summed E-state index contributed by atoms with van der Waals surface area (Å²) < 4.78 is 5.02. The summed E-state index contributed by atoms with van der Waals surface area (Å²) in [5.41, 5.74) is -0.153. The summed E-state index contributed by atoms with van der Waals surface area (Å²) in [5.74, 6) is -1.20. The molecule has 0 aromatic heterocycles. The molecule has 1 N–H and O–H groups in total. The van der Waals surface area contributed by atoms with Gasteiger partial charge in [-0.05, 0) is 19.8 Å². The van der Waals surface area contributed by atoms with E-state index in [4.69, 9.17) is 9.84 Å². The molecule has 0 aromatic rings. The monoisotopic (exact) mass is 184 g/mol. The molecule has 1 unspecified atom stereocenters. The minimum absolute atomic E-state index is 0.101. The van der Waals surface area contributed by atoms with Gasteiger partial charge in [-0.15, -0.1) is 0 Å². The second kappa shape index (κ2) is 2.47. The van der Waals surface area contributed by atoms with Crippen LogP contribution in [0.2, 0.25) is 0 Å². The van der Waals surface area contributed by atoms with Gasteiger partial charge in [-0.2, -0.15) is 0 Å². The lowest BCUT2D eigenvalue weighted by Gasteiger charge is -2.43. The van der Waals surface area contributed by atoms with E-state index in [2.05, 4.69) is 0 Å². The minimum atomic E-state index is -0.753. The number of rotatable bonds is 1. The highest BCUT2D eigenvalue weighted by Gasteiger charge is 2.56. The molecule has 0 bridgehead atoms. The minimum Gasteiger partial charge on any atom is -0.481 e. The molecule has 1 saturated carbocycles. The number of carboxylic acid groups (broad SMARTS) is 1. The van der Waals surface area contributed by atoms with Gasteiger partial charge in [0.2, 0.25) is 0 Å². The van der Waals surface area contributed by atoms with Crippen LogP contribution in [0.3, 0.4) is 0 Å². The lowest BCUT2D eigenvalue weighted by Crippen LogP contribution is -2.45. The van der Waals surface area contributed by atoms with E-state index in [1.165, 1.54) is 0 Å². The molecule has 4 nitrogen and oxygen atoms in total. The molecule has 13 heavy (non-hydrogen) atoms. The normalized spacial score (nSPS) is 43.0. The molecular formula is C9H12O4. The smallest absolute Gasteiger partial charge is 0.306 e. The first kappa shape index (κ1) is 8.53. The maximum Gasteiger partial charge on any atom is 0.306 e. The van der Waals surface area contributed by atoms with E-state index in [1.54, 1.807) is 0 Å². The molecular weight excluding hydrogens is 172 g/mol. The second-order valence-corrected chi connectivity index (χ2v) is 4.11. The Morgan fingerprint density at radius 1 is 1.62 bits per heavy atom. The van der Waals surface area contributed by atoms with Crippen LogP contribution in [0.4, 0.5) is 0 Å². The summed E-state index contributed by atoms with van der Waals surface area (Å²) in [6.07, 6.45) is 1.48. The predicted molar refractivity (Wildman–Crippen MR) is 43.0 cm³/mol. The van der Waals surface area contributed by atoms with Gasteiger partial charge in [0.25, 0.3) is 0 Å². The van der Waals surface area contributed by atoms with E-state index in [9.17, 15) is 9.59 Å². The number of ether oxygens (including phenoxy) is 1. The molecule has 72 valence electrons. The van der Waals surface area contributed by atoms with E-state index in [0.717, 1.165) is 0 Å². The molecule has 1 atom stereocenters. The van der Waals surface area contributed by atoms with Crippen LogP contribution < -0.4 is 0 Å². The van der Waals surface area contributed by atoms with Crippen LogP contribution in [-0.2, 0) is 14.3 Å². The average Bonchev–Trinajstić information content (AvgIpc) is 2.21. The number of cyclic esters (lactones) is 1. The third-order valence-corrected chi connectivity index (χ3v) is 3.32. The van der Waals surface area contributed by atoms with Gasteiger partial charge in [-0.1, -0.05) is 0 Å². The zero-order chi connectivity index (χ0) is 9.64. The number of esters is 1. The van der Waals surface area contributed by atoms with Gasteiger partial charge in [-0.25, -0.2) is 0 Å². The maximum absolute atomic E-state index is 11.0. The second-order valence-electron chi connectivity index (χ2n) is 4.11. The molecule has 4 heteroatoms. The molecule has 1 saturated heterocycles. The average molecular weight is 184 g/mol. The molecule has 2 fully saturated rings. The Morgan fingerprint density at radius 3 is 2.62 bits per heavy atom. The lowest BCUT2D eigenvalue weighted by atomic mass is 9.59. The van der Waals surface area contributed by atoms with Crippen LogP contribution in [0.1, 0.15) is 26.2 Å². The van der Waals surface area contributed by atoms with Crippen LogP contribution in [-0.4, -0.2) is 23.1 Å². The fourth-order valence-corrected chi connectivity index (χ4v) is 2.37. The van der Waals surface area contributed by atoms with Crippen LogP contribution >= 0.6 is 0 Å². The number of carbonyl (C=O) groups excluding carboxylic acids is 1. The zero-order valence-corrected chi connectivity index (χ0v) is 7.45. The highest BCUT2D eigenvalue weighted by atomic mass is 16.6. The molecule has 1 aliphatic carbocycles. The number of hydrogen-bond acceptors (Lipinski definition) is 3. The summed E-state index contributed by atoms with van der Waals surface area (Å²) >= 11 is 0. The molecule has 1 spiro atoms. The fourth-order valence-electron chi connectivity index (χ4n) is 2.37. The Balaban J connectivity index is 2.03. The zero-order valence-electron chi connectivity index (χ0n) is 7.45. The Hall–Kier alpha value is -1.06. The topological polar surface area (TPSA) is 63.6 Å². The summed E-state index contributed by atoms with van der Waals surface area (Å²) in [6, 6.07) is 0. The first-order chi connectivity index (χ1) is 6.03. The van der Waals surface area contributed by atoms with E-state index in [0.29, 0.717) is 19.3 Å². The molecule has 2 rings (SSSR count). The summed E-state index contributed by atoms with van der Waals surface area (Å²) in [7, 11) is 0. The highest BCUT2D eigenvalue weighted by Crippen LogP contribution is 2.54. The Labute approximate surface area is 75.9 Å². The molecule has 2 aliphatic rings. The maximum atomic E-state index is 11.0. The van der Waals surface area contributed by atoms with Crippen molar-refractivity contribution in [3.05, 3.63) is 0 Å². The van der Waals surface area contributed by atoms with Gasteiger partial charge in [-0.3, -0.25) is 9.59 Å². The Bertz CT molecular complexity index is 265. The fraction of sp³-hybridized carbons (Fsp3) is 0.778. The van der Waals surface area contributed by atoms with E-state index in [1.807, 2.05) is 6.92 Å². The standard InChI is InChI=1S/C9H12O4/c1-5-9(4-7(10)13-5)2-6(3-9)8(11)12/h5-6H,2-4H2,1H3,(H,11,12). The van der Waals surface area contributed by atoms with E-state index in [-0.39, 0.29) is 23.4 Å². The molecule has 1 heterocycles. The summed E-state index contributed by atoms with van der Waals surface area (Å²) in [5, 5.41) is 8.70. The summed E-state index contributed by atoms with van der Waals surface area (Å²) in [6.45, 7) is 1.85. The van der Waals surface area contributed by atoms with Crippen LogP contribution in [0.25, 0.3) is 0 Å². The molecule has 1 aliphatic heterocycles. The van der Waals surface area contributed by atoms with Gasteiger partial charge in [0, 0.05) is 5.41 Å². The molecule has 0 amide bonds. The van der Waals surface area contributed by atoms with Crippen molar-refractivity contribution < 1.29 is 19.4 Å². The van der Waals surface area contributed by atoms with Crippen LogP contribution in [0, 0.1) is 11.3 Å². The third-order valence-electron chi connectivity index (χ3n) is 3.32. The number of hydrogen-bond donors (Lipinski definition) is 1. The van der Waals surface area contributed by atoms with Gasteiger partial charge in [0.05, 0.1) is 12.3 Å². The van der Waals surface area contributed by atoms with Crippen molar-refractivity contribution in [3.63, 3.8) is 0 Å². The van der Waals surface area contributed by atoms with Gasteiger partial charge >= 0.3 is 11.9 Å². The third kappa shape index (κ3) is 1.12.